The Bertz CT molecular complexity index is 2710. The van der Waals surface area contributed by atoms with Crippen LogP contribution in [-0.2, 0) is 37.3 Å². The molecule has 55 heavy (non-hydrogen) atoms. The molecule has 0 radical (unpaired) electrons. The average molecular weight is 902 g/mol. The third-order valence-corrected chi connectivity index (χ3v) is 10.6. The fraction of sp³-hybridized carbons (Fsp3) is 0.240. The fourth-order valence-electron chi connectivity index (χ4n) is 7.34. The molecule has 8 rings (SSSR count). The Labute approximate surface area is 339 Å². The van der Waals surface area contributed by atoms with Crippen molar-refractivity contribution in [2.45, 2.75) is 78.6 Å². The van der Waals surface area contributed by atoms with E-state index in [-0.39, 0.29) is 43.1 Å². The van der Waals surface area contributed by atoms with Crippen LogP contribution in [-0.4, -0.2) is 19.6 Å². The molecule has 2 heterocycles. The van der Waals surface area contributed by atoms with Gasteiger partial charge in [-0.1, -0.05) is 163 Å². The Balaban J connectivity index is 0.00000465. The predicted octanol–water partition coefficient (Wildman–Crippen LogP) is 13.1. The predicted molar refractivity (Wildman–Crippen MR) is 227 cm³/mol. The summed E-state index contributed by atoms with van der Waals surface area (Å²) in [4.78, 5) is 10.5. The van der Waals surface area contributed by atoms with Crippen molar-refractivity contribution in [2.75, 3.05) is 0 Å². The van der Waals surface area contributed by atoms with Gasteiger partial charge in [0.2, 0.25) is 0 Å². The number of hydrogen-bond donors (Lipinski definition) is 1. The van der Waals surface area contributed by atoms with Crippen molar-refractivity contribution >= 4 is 32.6 Å². The third kappa shape index (κ3) is 7.14. The molecule has 0 aliphatic carbocycles. The van der Waals surface area contributed by atoms with Gasteiger partial charge >= 0.3 is 0 Å². The van der Waals surface area contributed by atoms with E-state index in [0.29, 0.717) is 11.4 Å². The van der Waals surface area contributed by atoms with Gasteiger partial charge in [-0.3, -0.25) is 9.55 Å². The minimum absolute atomic E-state index is 0. The van der Waals surface area contributed by atoms with Crippen LogP contribution in [0.5, 0.6) is 5.75 Å². The number of phenols is 1. The Hall–Kier alpha value is -5.05. The number of pyridine rings is 1. The molecule has 0 aliphatic rings. The zero-order chi connectivity index (χ0) is 38.2. The van der Waals surface area contributed by atoms with Gasteiger partial charge in [0.25, 0.3) is 0 Å². The first kappa shape index (κ1) is 38.2. The summed E-state index contributed by atoms with van der Waals surface area (Å²) in [6.07, 6.45) is 1.95. The Morgan fingerprint density at radius 3 is 1.82 bits per heavy atom. The van der Waals surface area contributed by atoms with E-state index in [9.17, 15) is 5.11 Å². The van der Waals surface area contributed by atoms with Gasteiger partial charge in [-0.2, -0.15) is 0 Å². The summed E-state index contributed by atoms with van der Waals surface area (Å²) < 4.78 is 2.26. The molecule has 0 fully saturated rings. The first-order valence-corrected chi connectivity index (χ1v) is 18.9. The van der Waals surface area contributed by atoms with Crippen LogP contribution in [0.1, 0.15) is 79.0 Å². The molecule has 0 spiro atoms. The monoisotopic (exact) mass is 901 g/mol. The number of hydrogen-bond acceptors (Lipinski definition) is 3. The second-order valence-electron chi connectivity index (χ2n) is 17.8. The van der Waals surface area contributed by atoms with Crippen LogP contribution in [0, 0.1) is 6.07 Å². The van der Waals surface area contributed by atoms with Crippen LogP contribution in [0.2, 0.25) is 0 Å². The van der Waals surface area contributed by atoms with E-state index in [4.69, 9.17) is 9.97 Å². The summed E-state index contributed by atoms with van der Waals surface area (Å²) in [5, 5.41) is 15.8. The van der Waals surface area contributed by atoms with Gasteiger partial charge in [-0.05, 0) is 74.0 Å². The van der Waals surface area contributed by atoms with Crippen LogP contribution >= 0.6 is 0 Å². The van der Waals surface area contributed by atoms with Crippen LogP contribution in [0.3, 0.4) is 0 Å². The zero-order valence-corrected chi connectivity index (χ0v) is 35.4. The van der Waals surface area contributed by atoms with Crippen molar-refractivity contribution in [1.82, 2.24) is 14.5 Å². The summed E-state index contributed by atoms with van der Waals surface area (Å²) >= 11 is 0. The van der Waals surface area contributed by atoms with Gasteiger partial charge < -0.3 is 5.11 Å². The van der Waals surface area contributed by atoms with Gasteiger partial charge in [0.05, 0.1) is 16.6 Å². The molecular formula is C50H48N3OPt-. The minimum atomic E-state index is -0.170. The fourth-order valence-corrected chi connectivity index (χ4v) is 7.34. The molecular weight excluding hydrogens is 854 g/mol. The van der Waals surface area contributed by atoms with Gasteiger partial charge in [0, 0.05) is 38.6 Å². The number of aromatic hydroxyl groups is 1. The smallest absolute Gasteiger partial charge is 0.148 e. The maximum Gasteiger partial charge on any atom is 0.148 e. The first-order valence-electron chi connectivity index (χ1n) is 18.9. The van der Waals surface area contributed by atoms with E-state index in [1.807, 2.05) is 30.5 Å². The summed E-state index contributed by atoms with van der Waals surface area (Å²) in [7, 11) is 0. The minimum Gasteiger partial charge on any atom is -0.507 e. The zero-order valence-electron chi connectivity index (χ0n) is 33.2. The Kier molecular flexibility index (Phi) is 9.67. The van der Waals surface area contributed by atoms with E-state index in [1.54, 1.807) is 6.07 Å². The molecule has 5 heteroatoms. The molecule has 6 aromatic carbocycles. The molecule has 2 aromatic heterocycles. The molecule has 0 unspecified atom stereocenters. The number of aromatic nitrogens is 3. The van der Waals surface area contributed by atoms with Gasteiger partial charge in [-0.15, -0.1) is 17.7 Å². The number of benzene rings is 6. The first-order chi connectivity index (χ1) is 25.6. The van der Waals surface area contributed by atoms with Crippen molar-refractivity contribution < 1.29 is 26.2 Å². The molecule has 0 aliphatic heterocycles. The van der Waals surface area contributed by atoms with E-state index in [0.717, 1.165) is 60.6 Å². The maximum absolute atomic E-state index is 11.4. The van der Waals surface area contributed by atoms with Crippen molar-refractivity contribution in [1.29, 1.82) is 0 Å². The Morgan fingerprint density at radius 1 is 0.582 bits per heavy atom. The van der Waals surface area contributed by atoms with Crippen LogP contribution < -0.4 is 0 Å². The summed E-state index contributed by atoms with van der Waals surface area (Å²) in [6.45, 7) is 20.4. The van der Waals surface area contributed by atoms with Crippen LogP contribution in [0.4, 0.5) is 0 Å². The number of imidazole rings is 1. The molecule has 1 N–H and O–H groups in total. The molecule has 280 valence electrons. The third-order valence-electron chi connectivity index (χ3n) is 10.6. The Morgan fingerprint density at radius 2 is 1.16 bits per heavy atom. The quantitative estimate of drug-likeness (QED) is 0.179. The average Bonchev–Trinajstić information content (AvgIpc) is 3.52. The molecule has 0 bridgehead atoms. The molecule has 4 nitrogen and oxygen atoms in total. The van der Waals surface area contributed by atoms with E-state index in [2.05, 4.69) is 158 Å². The number of rotatable bonds is 4. The van der Waals surface area contributed by atoms with Crippen molar-refractivity contribution in [2.24, 2.45) is 0 Å². The second kappa shape index (κ2) is 13.9. The van der Waals surface area contributed by atoms with Crippen molar-refractivity contribution in [3.63, 3.8) is 0 Å². The van der Waals surface area contributed by atoms with E-state index < -0.39 is 0 Å². The van der Waals surface area contributed by atoms with Gasteiger partial charge in [0.1, 0.15) is 11.6 Å². The number of phenolic OH excluding ortho intramolecular Hbond substituents is 1. The standard InChI is InChI=1S/C50H48N3O.Pt/c1-48(2,3)35-25-36(49(4,5)6)27-38(26-35)53-44-29-37(50(7,8)9)28-41(46(44)52-47(53)40-20-14-15-21-45(40)54)34-22-32-17-12-13-19-39(32)42(23-34)43-24-31-16-10-11-18-33(31)30-51-43;/h10-22,24-30,54H,1-9H3;/q-1;. The van der Waals surface area contributed by atoms with Crippen LogP contribution in [0.25, 0.3) is 72.0 Å². The topological polar surface area (TPSA) is 50.9 Å². The molecule has 0 saturated carbocycles. The second-order valence-corrected chi connectivity index (χ2v) is 17.8. The molecule has 0 atom stereocenters. The van der Waals surface area contributed by atoms with E-state index in [1.165, 1.54) is 16.7 Å². The summed E-state index contributed by atoms with van der Waals surface area (Å²) in [5.41, 5.74) is 10.6. The molecule has 0 saturated heterocycles. The van der Waals surface area contributed by atoms with Crippen molar-refractivity contribution in [3.8, 4) is 45.2 Å². The normalized spacial score (nSPS) is 12.4. The summed E-state index contributed by atoms with van der Waals surface area (Å²) in [6, 6.07) is 44.2. The number of para-hydroxylation sites is 1. The van der Waals surface area contributed by atoms with Gasteiger partial charge in [0.15, 0.2) is 0 Å². The maximum atomic E-state index is 11.4. The molecule has 8 aromatic rings. The number of fused-ring (bicyclic) bond motifs is 3. The number of nitrogens with zero attached hydrogens (tertiary/aromatic N) is 3. The largest absolute Gasteiger partial charge is 0.507 e. The van der Waals surface area contributed by atoms with Gasteiger partial charge in [-0.25, -0.2) is 4.98 Å². The van der Waals surface area contributed by atoms with E-state index >= 15 is 0 Å². The summed E-state index contributed by atoms with van der Waals surface area (Å²) in [5.74, 6) is 0.884. The SMILES string of the molecule is CC(C)(C)c1cc(-n2c(-c3ccccc3O)nc3c(-c4[c-]c(-c5cc6ccccc6cn5)c5ccccc5c4)cc(C(C)(C)C)cc32)cc(C(C)(C)C)c1.[Pt]. The van der Waals surface area contributed by atoms with Crippen LogP contribution in [0.15, 0.2) is 121 Å². The van der Waals surface area contributed by atoms with Crippen molar-refractivity contribution in [3.05, 3.63) is 144 Å². The molecule has 0 amide bonds.